The summed E-state index contributed by atoms with van der Waals surface area (Å²) in [4.78, 5) is 2.69. The largest absolute Gasteiger partial charge is 0.309 e. The van der Waals surface area contributed by atoms with Crippen molar-refractivity contribution in [2.75, 3.05) is 19.6 Å². The maximum absolute atomic E-state index is 3.76. The molecule has 21 heavy (non-hydrogen) atoms. The highest BCUT2D eigenvalue weighted by atomic mass is 15.2. The lowest BCUT2D eigenvalue weighted by Crippen LogP contribution is -2.54. The Bertz CT molecular complexity index is 459. The monoisotopic (exact) mass is 288 g/mol. The number of benzene rings is 1. The zero-order chi connectivity index (χ0) is 15.5. The summed E-state index contributed by atoms with van der Waals surface area (Å²) >= 11 is 0. The average molecular weight is 288 g/mol. The number of nitrogens with zero attached hydrogens (tertiary/aromatic N) is 1. The van der Waals surface area contributed by atoms with Gasteiger partial charge in [0.2, 0.25) is 0 Å². The Kier molecular flexibility index (Phi) is 5.45. The van der Waals surface area contributed by atoms with Crippen LogP contribution in [0.25, 0.3) is 0 Å². The highest BCUT2D eigenvalue weighted by Gasteiger charge is 2.37. The summed E-state index contributed by atoms with van der Waals surface area (Å²) in [6.07, 6.45) is 4.08. The number of hydrogen-bond acceptors (Lipinski definition) is 2. The fourth-order valence-corrected chi connectivity index (χ4v) is 3.67. The van der Waals surface area contributed by atoms with Crippen LogP contribution in [-0.2, 0) is 0 Å². The van der Waals surface area contributed by atoms with E-state index in [4.69, 9.17) is 0 Å². The van der Waals surface area contributed by atoms with Crippen LogP contribution < -0.4 is 5.32 Å². The summed E-state index contributed by atoms with van der Waals surface area (Å²) in [5.41, 5.74) is 4.37. The van der Waals surface area contributed by atoms with E-state index in [0.29, 0.717) is 6.04 Å². The molecule has 2 rings (SSSR count). The minimum atomic E-state index is 0.148. The maximum Gasteiger partial charge on any atom is 0.0504 e. The molecule has 1 aromatic rings. The molecule has 1 N–H and O–H groups in total. The summed E-state index contributed by atoms with van der Waals surface area (Å²) in [7, 11) is 0. The van der Waals surface area contributed by atoms with Gasteiger partial charge in [0.1, 0.15) is 0 Å². The van der Waals surface area contributed by atoms with E-state index in [9.17, 15) is 0 Å². The molecule has 0 aliphatic carbocycles. The molecule has 1 aliphatic rings. The molecule has 2 nitrogen and oxygen atoms in total. The van der Waals surface area contributed by atoms with Gasteiger partial charge in [-0.3, -0.25) is 4.90 Å². The molecule has 0 radical (unpaired) electrons. The van der Waals surface area contributed by atoms with Crippen LogP contribution in [0.5, 0.6) is 0 Å². The van der Waals surface area contributed by atoms with E-state index in [1.807, 2.05) is 0 Å². The second-order valence-electron chi connectivity index (χ2n) is 7.05. The third kappa shape index (κ3) is 3.67. The van der Waals surface area contributed by atoms with Crippen molar-refractivity contribution in [1.29, 1.82) is 0 Å². The minimum absolute atomic E-state index is 0.148. The fraction of sp³-hybridized carbons (Fsp3) is 0.684. The van der Waals surface area contributed by atoms with Crippen molar-refractivity contribution in [2.45, 2.75) is 65.5 Å². The van der Waals surface area contributed by atoms with E-state index in [1.54, 1.807) is 0 Å². The lowest BCUT2D eigenvalue weighted by atomic mass is 9.83. The van der Waals surface area contributed by atoms with Crippen molar-refractivity contribution < 1.29 is 0 Å². The number of hydrogen-bond donors (Lipinski definition) is 1. The molecule has 1 heterocycles. The van der Waals surface area contributed by atoms with E-state index in [1.165, 1.54) is 49.0 Å². The highest BCUT2D eigenvalue weighted by Crippen LogP contribution is 2.34. The van der Waals surface area contributed by atoms with Gasteiger partial charge in [0.15, 0.2) is 0 Å². The standard InChI is InChI=1S/C19H32N2/c1-6-20-18(17-14-15(2)10-11-16(17)3)19(4,5)21-12-8-7-9-13-21/h10-11,14,18,20H,6-9,12-13H2,1-5H3. The molecule has 1 aliphatic heterocycles. The molecule has 0 amide bonds. The van der Waals surface area contributed by atoms with Crippen LogP contribution in [0.3, 0.4) is 0 Å². The van der Waals surface area contributed by atoms with Gasteiger partial charge in [-0.2, -0.15) is 0 Å². The summed E-state index contributed by atoms with van der Waals surface area (Å²) in [6.45, 7) is 14.9. The summed E-state index contributed by atoms with van der Waals surface area (Å²) < 4.78 is 0. The number of likely N-dealkylation sites (tertiary alicyclic amines) is 1. The molecule has 1 saturated heterocycles. The van der Waals surface area contributed by atoms with Crippen molar-refractivity contribution in [1.82, 2.24) is 10.2 Å². The lowest BCUT2D eigenvalue weighted by Gasteiger charge is -2.47. The molecule has 1 unspecified atom stereocenters. The summed E-state index contributed by atoms with van der Waals surface area (Å²) in [5.74, 6) is 0. The molecule has 0 aromatic heterocycles. The maximum atomic E-state index is 3.76. The summed E-state index contributed by atoms with van der Waals surface area (Å²) in [5, 5.41) is 3.76. The first-order valence-electron chi connectivity index (χ1n) is 8.52. The number of likely N-dealkylation sites (N-methyl/N-ethyl adjacent to an activating group) is 1. The van der Waals surface area contributed by atoms with Gasteiger partial charge < -0.3 is 5.32 Å². The van der Waals surface area contributed by atoms with Crippen molar-refractivity contribution >= 4 is 0 Å². The molecular weight excluding hydrogens is 256 g/mol. The van der Waals surface area contributed by atoms with Gasteiger partial charge in [-0.05, 0) is 71.3 Å². The van der Waals surface area contributed by atoms with E-state index < -0.39 is 0 Å². The smallest absolute Gasteiger partial charge is 0.0504 e. The highest BCUT2D eigenvalue weighted by molar-refractivity contribution is 5.35. The molecule has 1 atom stereocenters. The van der Waals surface area contributed by atoms with Gasteiger partial charge in [-0.15, -0.1) is 0 Å². The third-order valence-electron chi connectivity index (χ3n) is 5.03. The van der Waals surface area contributed by atoms with Crippen LogP contribution in [0.15, 0.2) is 18.2 Å². The summed E-state index contributed by atoms with van der Waals surface area (Å²) in [6, 6.07) is 7.24. The number of aryl methyl sites for hydroxylation is 2. The molecule has 1 aromatic carbocycles. The molecule has 1 fully saturated rings. The Labute approximate surface area is 130 Å². The predicted molar refractivity (Wildman–Crippen MR) is 91.8 cm³/mol. The molecule has 0 bridgehead atoms. The predicted octanol–water partition coefficient (Wildman–Crippen LogP) is 4.22. The van der Waals surface area contributed by atoms with E-state index in [2.05, 4.69) is 63.0 Å². The van der Waals surface area contributed by atoms with Crippen LogP contribution in [0.1, 0.15) is 62.8 Å². The van der Waals surface area contributed by atoms with E-state index in [0.717, 1.165) is 6.54 Å². The van der Waals surface area contributed by atoms with Crippen LogP contribution in [0, 0.1) is 13.8 Å². The molecule has 118 valence electrons. The second-order valence-corrected chi connectivity index (χ2v) is 7.05. The Balaban J connectivity index is 2.34. The Morgan fingerprint density at radius 1 is 1.14 bits per heavy atom. The van der Waals surface area contributed by atoms with Crippen LogP contribution in [-0.4, -0.2) is 30.1 Å². The van der Waals surface area contributed by atoms with E-state index in [-0.39, 0.29) is 5.54 Å². The van der Waals surface area contributed by atoms with Crippen LogP contribution in [0.2, 0.25) is 0 Å². The zero-order valence-corrected chi connectivity index (χ0v) is 14.5. The number of piperidine rings is 1. The van der Waals surface area contributed by atoms with Gasteiger partial charge in [0, 0.05) is 5.54 Å². The van der Waals surface area contributed by atoms with Crippen molar-refractivity contribution in [3.63, 3.8) is 0 Å². The van der Waals surface area contributed by atoms with Gasteiger partial charge >= 0.3 is 0 Å². The molecule has 2 heteroatoms. The van der Waals surface area contributed by atoms with Gasteiger partial charge in [0.25, 0.3) is 0 Å². The van der Waals surface area contributed by atoms with Crippen molar-refractivity contribution in [3.8, 4) is 0 Å². The first-order valence-corrected chi connectivity index (χ1v) is 8.52. The topological polar surface area (TPSA) is 15.3 Å². The molecular formula is C19H32N2. The van der Waals surface area contributed by atoms with Crippen molar-refractivity contribution in [3.05, 3.63) is 34.9 Å². The van der Waals surface area contributed by atoms with Crippen molar-refractivity contribution in [2.24, 2.45) is 0 Å². The Morgan fingerprint density at radius 2 is 1.81 bits per heavy atom. The first kappa shape index (κ1) is 16.5. The number of nitrogens with one attached hydrogen (secondary N) is 1. The van der Waals surface area contributed by atoms with E-state index >= 15 is 0 Å². The quantitative estimate of drug-likeness (QED) is 0.872. The SMILES string of the molecule is CCNC(c1cc(C)ccc1C)C(C)(C)N1CCCCC1. The third-order valence-corrected chi connectivity index (χ3v) is 5.03. The lowest BCUT2D eigenvalue weighted by molar-refractivity contribution is 0.0611. The second kappa shape index (κ2) is 6.93. The Morgan fingerprint density at radius 3 is 2.43 bits per heavy atom. The minimum Gasteiger partial charge on any atom is -0.309 e. The molecule has 0 saturated carbocycles. The van der Waals surface area contributed by atoms with Gasteiger partial charge in [-0.25, -0.2) is 0 Å². The molecule has 0 spiro atoms. The fourth-order valence-electron chi connectivity index (χ4n) is 3.67. The number of rotatable bonds is 5. The average Bonchev–Trinajstić information content (AvgIpc) is 2.48. The van der Waals surface area contributed by atoms with Gasteiger partial charge in [-0.1, -0.05) is 37.1 Å². The van der Waals surface area contributed by atoms with Crippen LogP contribution in [0.4, 0.5) is 0 Å². The zero-order valence-electron chi connectivity index (χ0n) is 14.5. The Hall–Kier alpha value is -0.860. The normalized spacial score (nSPS) is 18.7. The van der Waals surface area contributed by atoms with Crippen LogP contribution >= 0.6 is 0 Å². The van der Waals surface area contributed by atoms with Gasteiger partial charge in [0.05, 0.1) is 6.04 Å². The first-order chi connectivity index (χ1) is 9.96.